The number of fused-ring (bicyclic) bond motifs is 1. The Morgan fingerprint density at radius 1 is 1.34 bits per heavy atom. The molecule has 1 aromatic carbocycles. The lowest BCUT2D eigenvalue weighted by Gasteiger charge is -2.27. The fourth-order valence-corrected chi connectivity index (χ4v) is 4.84. The van der Waals surface area contributed by atoms with Crippen LogP contribution in [0.15, 0.2) is 24.3 Å². The molecule has 1 fully saturated rings. The van der Waals surface area contributed by atoms with Gasteiger partial charge in [-0.3, -0.25) is 9.69 Å². The Balaban J connectivity index is 0.000000352. The number of aldehydes is 1. The number of nitrogens with zero attached hydrogens (tertiary/aromatic N) is 2. The third kappa shape index (κ3) is 9.48. The minimum absolute atomic E-state index is 0.135. The minimum Gasteiger partial charge on any atom is -0.493 e. The quantitative estimate of drug-likeness (QED) is 0.426. The maximum atomic E-state index is 11.3. The lowest BCUT2D eigenvalue weighted by atomic mass is 10.1. The van der Waals surface area contributed by atoms with Crippen molar-refractivity contribution in [1.29, 1.82) is 0 Å². The highest BCUT2D eigenvalue weighted by Crippen LogP contribution is 2.25. The van der Waals surface area contributed by atoms with Gasteiger partial charge in [-0.2, -0.15) is 0 Å². The first-order valence-electron chi connectivity index (χ1n) is 11.8. The van der Waals surface area contributed by atoms with Crippen molar-refractivity contribution in [2.75, 3.05) is 32.5 Å². The molecule has 1 aromatic rings. The van der Waals surface area contributed by atoms with E-state index >= 15 is 0 Å². The number of aryl methyl sites for hydroxylation is 1. The number of hydrogen-bond donors (Lipinski definition) is 2. The number of likely N-dealkylation sites (tertiary alicyclic amines) is 1. The van der Waals surface area contributed by atoms with E-state index in [1.165, 1.54) is 12.0 Å². The van der Waals surface area contributed by atoms with E-state index in [0.29, 0.717) is 12.6 Å². The number of carbonyl (C=O) groups is 2. The topological polar surface area (TPSA) is 102 Å². The molecule has 32 heavy (non-hydrogen) atoms. The lowest BCUT2D eigenvalue weighted by molar-refractivity contribution is -0.122. The summed E-state index contributed by atoms with van der Waals surface area (Å²) in [7, 11) is 1.96. The van der Waals surface area contributed by atoms with Crippen molar-refractivity contribution in [3.8, 4) is 5.75 Å². The molecule has 0 bridgehead atoms. The number of rotatable bonds is 9. The second-order valence-electron chi connectivity index (χ2n) is 7.77. The summed E-state index contributed by atoms with van der Waals surface area (Å²) in [6.07, 6.45) is 5.92. The zero-order valence-corrected chi connectivity index (χ0v) is 21.0. The molecule has 7 nitrogen and oxygen atoms in total. The smallest absolute Gasteiger partial charge is 0.234 e. The predicted molar refractivity (Wildman–Crippen MR) is 134 cm³/mol. The Morgan fingerprint density at radius 2 is 2.06 bits per heavy atom. The summed E-state index contributed by atoms with van der Waals surface area (Å²) in [5, 5.41) is 0. The van der Waals surface area contributed by atoms with Gasteiger partial charge in [-0.05, 0) is 50.8 Å². The molecule has 0 aromatic heterocycles. The fourth-order valence-electron chi connectivity index (χ4n) is 3.96. The number of carbonyl (C=O) groups excluding carboxylic acids is 2. The molecule has 0 spiro atoms. The second kappa shape index (κ2) is 16.1. The minimum atomic E-state index is -0.436. The summed E-state index contributed by atoms with van der Waals surface area (Å²) in [5.41, 5.74) is 12.4. The molecule has 2 aliphatic heterocycles. The van der Waals surface area contributed by atoms with Crippen LogP contribution < -0.4 is 16.2 Å². The van der Waals surface area contributed by atoms with Crippen molar-refractivity contribution in [2.24, 2.45) is 11.5 Å². The second-order valence-corrected chi connectivity index (χ2v) is 9.12. The molecule has 1 amide bonds. The van der Waals surface area contributed by atoms with Crippen LogP contribution in [0.4, 0.5) is 0 Å². The Kier molecular flexibility index (Phi) is 14.3. The molecule has 182 valence electrons. The van der Waals surface area contributed by atoms with Crippen LogP contribution in [0, 0.1) is 0 Å². The highest BCUT2D eigenvalue weighted by Gasteiger charge is 2.33. The van der Waals surface area contributed by atoms with Gasteiger partial charge < -0.3 is 21.0 Å². The lowest BCUT2D eigenvalue weighted by Crippen LogP contribution is -2.42. The molecule has 1 saturated heterocycles. The van der Waals surface area contributed by atoms with E-state index in [1.807, 2.05) is 33.0 Å². The molecule has 0 radical (unpaired) electrons. The van der Waals surface area contributed by atoms with Gasteiger partial charge >= 0.3 is 0 Å². The number of hydrogen-bond acceptors (Lipinski definition) is 7. The molecule has 2 heterocycles. The van der Waals surface area contributed by atoms with Crippen LogP contribution in [0.3, 0.4) is 0 Å². The van der Waals surface area contributed by atoms with E-state index in [0.717, 1.165) is 56.6 Å². The van der Waals surface area contributed by atoms with Crippen LogP contribution in [0.1, 0.15) is 52.0 Å². The van der Waals surface area contributed by atoms with Crippen LogP contribution in [0.25, 0.3) is 0 Å². The normalized spacial score (nSPS) is 20.7. The number of para-hydroxylation sites is 1. The third-order valence-electron chi connectivity index (χ3n) is 5.60. The average Bonchev–Trinajstić information content (AvgIpc) is 3.20. The first-order chi connectivity index (χ1) is 15.5. The third-order valence-corrected chi connectivity index (χ3v) is 6.56. The maximum Gasteiger partial charge on any atom is 0.234 e. The fraction of sp³-hybridized carbons (Fsp3) is 0.667. The van der Waals surface area contributed by atoms with E-state index in [4.69, 9.17) is 16.2 Å². The number of likely N-dealkylation sites (N-methyl/N-ethyl adjacent to an activating group) is 1. The van der Waals surface area contributed by atoms with Gasteiger partial charge in [0.1, 0.15) is 12.0 Å². The number of nitrogens with two attached hydrogens (primary N) is 2. The molecular formula is C24H42N4O3S. The van der Waals surface area contributed by atoms with Crippen molar-refractivity contribution in [2.45, 2.75) is 71.0 Å². The van der Waals surface area contributed by atoms with Gasteiger partial charge in [0, 0.05) is 24.9 Å². The van der Waals surface area contributed by atoms with Crippen molar-refractivity contribution in [3.05, 3.63) is 29.8 Å². The van der Waals surface area contributed by atoms with Crippen LogP contribution in [0.5, 0.6) is 5.75 Å². The average molecular weight is 467 g/mol. The summed E-state index contributed by atoms with van der Waals surface area (Å²) in [6.45, 7) is 8.39. The maximum absolute atomic E-state index is 11.3. The largest absolute Gasteiger partial charge is 0.493 e. The van der Waals surface area contributed by atoms with Crippen molar-refractivity contribution >= 4 is 24.1 Å². The van der Waals surface area contributed by atoms with E-state index in [2.05, 4.69) is 28.3 Å². The summed E-state index contributed by atoms with van der Waals surface area (Å²) in [4.78, 5) is 24.0. The molecule has 3 unspecified atom stereocenters. The Hall–Kier alpha value is -1.61. The summed E-state index contributed by atoms with van der Waals surface area (Å²) in [5.74, 6) is 1.79. The van der Waals surface area contributed by atoms with Crippen molar-refractivity contribution in [1.82, 2.24) is 9.21 Å². The Morgan fingerprint density at radius 3 is 2.66 bits per heavy atom. The molecule has 0 saturated carbocycles. The van der Waals surface area contributed by atoms with Crippen molar-refractivity contribution in [3.63, 3.8) is 0 Å². The van der Waals surface area contributed by atoms with Crippen molar-refractivity contribution < 1.29 is 14.3 Å². The van der Waals surface area contributed by atoms with Gasteiger partial charge in [-0.1, -0.05) is 50.9 Å². The van der Waals surface area contributed by atoms with Crippen LogP contribution in [-0.4, -0.2) is 72.0 Å². The van der Waals surface area contributed by atoms with Crippen LogP contribution >= 0.6 is 11.9 Å². The zero-order valence-electron chi connectivity index (χ0n) is 20.2. The summed E-state index contributed by atoms with van der Waals surface area (Å²) in [6, 6.07) is 8.05. The van der Waals surface area contributed by atoms with Gasteiger partial charge in [0.25, 0.3) is 0 Å². The molecule has 2 aliphatic rings. The van der Waals surface area contributed by atoms with Gasteiger partial charge in [-0.15, -0.1) is 0 Å². The first-order valence-corrected chi connectivity index (χ1v) is 12.7. The number of primary amides is 1. The molecule has 4 N–H and O–H groups in total. The van der Waals surface area contributed by atoms with E-state index < -0.39 is 6.04 Å². The molecule has 0 aliphatic carbocycles. The summed E-state index contributed by atoms with van der Waals surface area (Å²) < 4.78 is 7.57. The van der Waals surface area contributed by atoms with Crippen LogP contribution in [0.2, 0.25) is 0 Å². The molecule has 8 heteroatoms. The molecule has 3 rings (SSSR count). The van der Waals surface area contributed by atoms with Gasteiger partial charge in [0.15, 0.2) is 0 Å². The summed E-state index contributed by atoms with van der Waals surface area (Å²) >= 11 is 1.70. The van der Waals surface area contributed by atoms with E-state index in [-0.39, 0.29) is 11.9 Å². The molecular weight excluding hydrogens is 424 g/mol. The molecule has 3 atom stereocenters. The van der Waals surface area contributed by atoms with Gasteiger partial charge in [-0.25, -0.2) is 4.31 Å². The SMILES string of the molecule is CC.CCSN(CCC1CCC(C(N)=O)N1C)CC(N)C=O.c1ccc2c(c1)CCCO2. The Labute approximate surface area is 198 Å². The van der Waals surface area contributed by atoms with E-state index in [9.17, 15) is 9.59 Å². The highest BCUT2D eigenvalue weighted by atomic mass is 32.2. The monoisotopic (exact) mass is 466 g/mol. The van der Waals surface area contributed by atoms with Gasteiger partial charge in [0.05, 0.1) is 18.7 Å². The Bertz CT molecular complexity index is 651. The van der Waals surface area contributed by atoms with Crippen LogP contribution in [-0.2, 0) is 16.0 Å². The zero-order chi connectivity index (χ0) is 23.9. The predicted octanol–water partition coefficient (Wildman–Crippen LogP) is 2.86. The van der Waals surface area contributed by atoms with Gasteiger partial charge in [0.2, 0.25) is 5.91 Å². The van der Waals surface area contributed by atoms with E-state index in [1.54, 1.807) is 11.9 Å². The highest BCUT2D eigenvalue weighted by molar-refractivity contribution is 7.96. The number of ether oxygens (including phenoxy) is 1. The first kappa shape index (κ1) is 28.4. The number of benzene rings is 1. The number of amides is 1. The standard InChI is InChI=1S/C13H26N4O2S.C9H10O.C2H6/c1-3-20-17(8-10(14)9-18)7-6-11-4-5-12(13(15)19)16(11)2;1-2-6-9-8(4-1)5-3-7-10-9;1-2/h9-12H,3-8,14H2,1-2H3,(H2,15,19);1-2,4,6H,3,5,7H2;1-2H3.